The third-order valence-electron chi connectivity index (χ3n) is 1.16. The van der Waals surface area contributed by atoms with Crippen molar-refractivity contribution in [3.05, 3.63) is 23.7 Å². The van der Waals surface area contributed by atoms with E-state index in [1.165, 1.54) is 0 Å². The first-order valence-corrected chi connectivity index (χ1v) is 2.93. The van der Waals surface area contributed by atoms with Gasteiger partial charge in [-0.25, -0.2) is 0 Å². The average Bonchev–Trinajstić information content (AvgIpc) is 2.14. The third-order valence-corrected chi connectivity index (χ3v) is 1.16. The number of aryl methyl sites for hydroxylation is 1. The van der Waals surface area contributed by atoms with Gasteiger partial charge in [0.1, 0.15) is 11.9 Å². The van der Waals surface area contributed by atoms with Crippen LogP contribution in [0.2, 0.25) is 0 Å². The number of rotatable bonds is 1. The van der Waals surface area contributed by atoms with Gasteiger partial charge in [-0.15, -0.1) is 0 Å². The Bertz CT molecular complexity index is 189. The van der Waals surface area contributed by atoms with Gasteiger partial charge in [0.25, 0.3) is 0 Å². The minimum atomic E-state index is -0.487. The van der Waals surface area contributed by atoms with Gasteiger partial charge >= 0.3 is 0 Å². The normalized spacial score (nSPS) is 13.7. The van der Waals surface area contributed by atoms with E-state index in [1.807, 2.05) is 13.0 Å². The van der Waals surface area contributed by atoms with Crippen LogP contribution in [0.15, 0.2) is 16.7 Å². The minimum absolute atomic E-state index is 0.487. The first-order valence-electron chi connectivity index (χ1n) is 2.93. The van der Waals surface area contributed by atoms with Crippen LogP contribution in [-0.2, 0) is 0 Å². The fraction of sp³-hybridized carbons (Fsp3) is 0.429. The molecule has 9 heavy (non-hydrogen) atoms. The van der Waals surface area contributed by atoms with E-state index in [1.54, 1.807) is 13.2 Å². The second-order valence-corrected chi connectivity index (χ2v) is 2.20. The van der Waals surface area contributed by atoms with Gasteiger partial charge in [-0.2, -0.15) is 0 Å². The van der Waals surface area contributed by atoms with Crippen molar-refractivity contribution in [3.63, 3.8) is 0 Å². The molecule has 0 spiro atoms. The lowest BCUT2D eigenvalue weighted by atomic mass is 10.3. The Hall–Kier alpha value is -0.760. The van der Waals surface area contributed by atoms with E-state index < -0.39 is 6.10 Å². The molecule has 0 radical (unpaired) electrons. The van der Waals surface area contributed by atoms with Gasteiger partial charge in [0.2, 0.25) is 0 Å². The maximum absolute atomic E-state index is 8.94. The largest absolute Gasteiger partial charge is 0.466 e. The zero-order valence-electron chi connectivity index (χ0n) is 5.59. The summed E-state index contributed by atoms with van der Waals surface area (Å²) in [6, 6.07) is 1.82. The van der Waals surface area contributed by atoms with Crippen LogP contribution in [-0.4, -0.2) is 5.11 Å². The molecule has 0 fully saturated rings. The van der Waals surface area contributed by atoms with Crippen LogP contribution < -0.4 is 0 Å². The summed E-state index contributed by atoms with van der Waals surface area (Å²) < 4.78 is 4.98. The highest BCUT2D eigenvalue weighted by atomic mass is 16.4. The third kappa shape index (κ3) is 1.33. The first kappa shape index (κ1) is 6.36. The van der Waals surface area contributed by atoms with Crippen LogP contribution in [0.4, 0.5) is 0 Å². The van der Waals surface area contributed by atoms with Crippen molar-refractivity contribution in [2.45, 2.75) is 20.0 Å². The molecule has 50 valence electrons. The number of hydrogen-bond acceptors (Lipinski definition) is 2. The summed E-state index contributed by atoms with van der Waals surface area (Å²) >= 11 is 0. The predicted octanol–water partition coefficient (Wildman–Crippen LogP) is 1.64. The SMILES string of the molecule is Cc1coc([C@H](C)O)c1. The van der Waals surface area contributed by atoms with Gasteiger partial charge in [-0.1, -0.05) is 0 Å². The number of furan rings is 1. The van der Waals surface area contributed by atoms with Gasteiger partial charge in [-0.05, 0) is 25.5 Å². The molecule has 1 aromatic heterocycles. The average molecular weight is 126 g/mol. The summed E-state index contributed by atoms with van der Waals surface area (Å²) in [6.07, 6.45) is 1.14. The molecule has 0 amide bonds. The second-order valence-electron chi connectivity index (χ2n) is 2.20. The molecule has 1 N–H and O–H groups in total. The molecule has 0 aliphatic rings. The molecular formula is C7H10O2. The Morgan fingerprint density at radius 2 is 2.33 bits per heavy atom. The van der Waals surface area contributed by atoms with E-state index in [0.717, 1.165) is 5.56 Å². The van der Waals surface area contributed by atoms with Gasteiger partial charge in [0.15, 0.2) is 0 Å². The molecule has 1 heterocycles. The topological polar surface area (TPSA) is 33.4 Å². The highest BCUT2D eigenvalue weighted by Crippen LogP contribution is 2.14. The Labute approximate surface area is 54.1 Å². The summed E-state index contributed by atoms with van der Waals surface area (Å²) in [5, 5.41) is 8.94. The summed E-state index contributed by atoms with van der Waals surface area (Å²) in [7, 11) is 0. The lowest BCUT2D eigenvalue weighted by molar-refractivity contribution is 0.169. The van der Waals surface area contributed by atoms with E-state index in [0.29, 0.717) is 5.76 Å². The molecule has 1 aromatic rings. The van der Waals surface area contributed by atoms with Gasteiger partial charge in [0.05, 0.1) is 6.26 Å². The van der Waals surface area contributed by atoms with Crippen LogP contribution in [0.3, 0.4) is 0 Å². The zero-order valence-corrected chi connectivity index (χ0v) is 5.59. The van der Waals surface area contributed by atoms with Crippen LogP contribution >= 0.6 is 0 Å². The summed E-state index contributed by atoms with van der Waals surface area (Å²) in [5.74, 6) is 0.632. The Morgan fingerprint density at radius 1 is 1.67 bits per heavy atom. The predicted molar refractivity (Wildman–Crippen MR) is 34.1 cm³/mol. The highest BCUT2D eigenvalue weighted by Gasteiger charge is 2.02. The van der Waals surface area contributed by atoms with E-state index >= 15 is 0 Å². The van der Waals surface area contributed by atoms with E-state index in [-0.39, 0.29) is 0 Å². The molecule has 0 aliphatic carbocycles. The minimum Gasteiger partial charge on any atom is -0.466 e. The Morgan fingerprint density at radius 3 is 2.56 bits per heavy atom. The van der Waals surface area contributed by atoms with Gasteiger partial charge in [-0.3, -0.25) is 0 Å². The smallest absolute Gasteiger partial charge is 0.132 e. The van der Waals surface area contributed by atoms with Crippen molar-refractivity contribution in [1.82, 2.24) is 0 Å². The van der Waals surface area contributed by atoms with Crippen LogP contribution in [0.5, 0.6) is 0 Å². The van der Waals surface area contributed by atoms with Crippen molar-refractivity contribution in [2.24, 2.45) is 0 Å². The molecule has 0 saturated carbocycles. The summed E-state index contributed by atoms with van der Waals surface area (Å²) in [5.41, 5.74) is 1.05. The standard InChI is InChI=1S/C7H10O2/c1-5-3-7(6(2)8)9-4-5/h3-4,6,8H,1-2H3/t6-/m0/s1. The highest BCUT2D eigenvalue weighted by molar-refractivity contribution is 5.11. The molecule has 0 saturated heterocycles. The molecule has 1 rings (SSSR count). The molecule has 0 aromatic carbocycles. The molecule has 0 unspecified atom stereocenters. The van der Waals surface area contributed by atoms with E-state index in [2.05, 4.69) is 0 Å². The quantitative estimate of drug-likeness (QED) is 0.620. The van der Waals surface area contributed by atoms with Crippen LogP contribution in [0.1, 0.15) is 24.4 Å². The van der Waals surface area contributed by atoms with E-state index in [4.69, 9.17) is 9.52 Å². The van der Waals surface area contributed by atoms with Crippen LogP contribution in [0, 0.1) is 6.92 Å². The number of hydrogen-bond donors (Lipinski definition) is 1. The Balaban J connectivity index is 2.85. The maximum atomic E-state index is 8.94. The van der Waals surface area contributed by atoms with Crippen molar-refractivity contribution in [3.8, 4) is 0 Å². The van der Waals surface area contributed by atoms with Gasteiger partial charge < -0.3 is 9.52 Å². The fourth-order valence-electron chi connectivity index (χ4n) is 0.672. The molecule has 2 nitrogen and oxygen atoms in total. The van der Waals surface area contributed by atoms with Gasteiger partial charge in [0, 0.05) is 0 Å². The van der Waals surface area contributed by atoms with Crippen molar-refractivity contribution in [1.29, 1.82) is 0 Å². The monoisotopic (exact) mass is 126 g/mol. The summed E-state index contributed by atoms with van der Waals surface area (Å²) in [6.45, 7) is 3.60. The maximum Gasteiger partial charge on any atom is 0.132 e. The zero-order chi connectivity index (χ0) is 6.85. The van der Waals surface area contributed by atoms with Crippen molar-refractivity contribution in [2.75, 3.05) is 0 Å². The summed E-state index contributed by atoms with van der Waals surface area (Å²) in [4.78, 5) is 0. The van der Waals surface area contributed by atoms with E-state index in [9.17, 15) is 0 Å². The molecule has 0 bridgehead atoms. The lowest BCUT2D eigenvalue weighted by Crippen LogP contribution is -1.85. The van der Waals surface area contributed by atoms with Crippen molar-refractivity contribution >= 4 is 0 Å². The molecule has 0 aliphatic heterocycles. The molecule has 1 atom stereocenters. The van der Waals surface area contributed by atoms with Crippen LogP contribution in [0.25, 0.3) is 0 Å². The lowest BCUT2D eigenvalue weighted by Gasteiger charge is -1.94. The second kappa shape index (κ2) is 2.23. The fourth-order valence-corrected chi connectivity index (χ4v) is 0.672. The Kier molecular flexibility index (Phi) is 1.58. The molecule has 2 heteroatoms. The first-order chi connectivity index (χ1) is 4.20. The number of aliphatic hydroxyl groups excluding tert-OH is 1. The molecular weight excluding hydrogens is 116 g/mol. The van der Waals surface area contributed by atoms with Crippen molar-refractivity contribution < 1.29 is 9.52 Å². The number of aliphatic hydroxyl groups is 1.